The number of nitrogens with two attached hydrogens (primary N) is 1. The second kappa shape index (κ2) is 5.43. The van der Waals surface area contributed by atoms with Gasteiger partial charge < -0.3 is 15.6 Å². The van der Waals surface area contributed by atoms with Gasteiger partial charge in [0.2, 0.25) is 0 Å². The summed E-state index contributed by atoms with van der Waals surface area (Å²) in [5, 5.41) is 8.56. The van der Waals surface area contributed by atoms with E-state index in [4.69, 9.17) is 15.6 Å². The highest BCUT2D eigenvalue weighted by molar-refractivity contribution is 5.75. The second-order valence-electron chi connectivity index (χ2n) is 2.99. The number of rotatable bonds is 4. The van der Waals surface area contributed by atoms with Crippen LogP contribution in [0.1, 0.15) is 5.56 Å². The molecule has 1 rings (SSSR count). The summed E-state index contributed by atoms with van der Waals surface area (Å²) in [5.41, 5.74) is 5.47. The normalized spacial score (nSPS) is 12.2. The van der Waals surface area contributed by atoms with Gasteiger partial charge in [-0.05, 0) is 6.07 Å². The molecule has 0 aliphatic carbocycles. The Balaban J connectivity index is 2.51. The molecule has 0 saturated heterocycles. The van der Waals surface area contributed by atoms with Crippen molar-refractivity contribution in [1.82, 2.24) is 0 Å². The Morgan fingerprint density at radius 2 is 2.20 bits per heavy atom. The minimum Gasteiger partial charge on any atom is -0.459 e. The summed E-state index contributed by atoms with van der Waals surface area (Å²) in [7, 11) is 0. The molecule has 0 unspecified atom stereocenters. The van der Waals surface area contributed by atoms with Crippen LogP contribution in [0.25, 0.3) is 0 Å². The van der Waals surface area contributed by atoms with E-state index < -0.39 is 24.4 Å². The largest absolute Gasteiger partial charge is 0.459 e. The number of hydrogen-bond acceptors (Lipinski definition) is 4. The third kappa shape index (κ3) is 3.30. The quantitative estimate of drug-likeness (QED) is 0.700. The van der Waals surface area contributed by atoms with Crippen molar-refractivity contribution in [1.29, 1.82) is 0 Å². The molecule has 0 aliphatic rings. The number of ether oxygens (including phenoxy) is 1. The summed E-state index contributed by atoms with van der Waals surface area (Å²) in [5.74, 6) is -1.19. The van der Waals surface area contributed by atoms with Gasteiger partial charge in [-0.1, -0.05) is 18.2 Å². The molecule has 82 valence electrons. The average molecular weight is 213 g/mol. The van der Waals surface area contributed by atoms with Gasteiger partial charge in [0.05, 0.1) is 6.61 Å². The monoisotopic (exact) mass is 213 g/mol. The molecule has 0 amide bonds. The van der Waals surface area contributed by atoms with Crippen LogP contribution in [-0.4, -0.2) is 23.7 Å². The molecular weight excluding hydrogens is 201 g/mol. The fourth-order valence-electron chi connectivity index (χ4n) is 0.946. The highest BCUT2D eigenvalue weighted by Gasteiger charge is 2.14. The van der Waals surface area contributed by atoms with Gasteiger partial charge in [-0.25, -0.2) is 4.39 Å². The van der Waals surface area contributed by atoms with E-state index in [2.05, 4.69) is 0 Å². The number of aliphatic hydroxyl groups is 1. The Morgan fingerprint density at radius 1 is 1.53 bits per heavy atom. The van der Waals surface area contributed by atoms with Crippen molar-refractivity contribution in [3.8, 4) is 0 Å². The van der Waals surface area contributed by atoms with Crippen molar-refractivity contribution in [3.63, 3.8) is 0 Å². The first-order valence-corrected chi connectivity index (χ1v) is 4.41. The third-order valence-electron chi connectivity index (χ3n) is 1.83. The summed E-state index contributed by atoms with van der Waals surface area (Å²) in [6.45, 7) is -0.671. The van der Waals surface area contributed by atoms with Crippen molar-refractivity contribution in [2.75, 3.05) is 6.61 Å². The fraction of sp³-hybridized carbons (Fsp3) is 0.300. The molecule has 15 heavy (non-hydrogen) atoms. The van der Waals surface area contributed by atoms with Crippen LogP contribution in [0.3, 0.4) is 0 Å². The smallest absolute Gasteiger partial charge is 0.325 e. The molecule has 1 atom stereocenters. The maximum absolute atomic E-state index is 13.1. The average Bonchev–Trinajstić information content (AvgIpc) is 2.26. The lowest BCUT2D eigenvalue weighted by Crippen LogP contribution is -2.35. The van der Waals surface area contributed by atoms with E-state index in [0.29, 0.717) is 0 Å². The van der Waals surface area contributed by atoms with Crippen molar-refractivity contribution in [3.05, 3.63) is 35.6 Å². The van der Waals surface area contributed by atoms with E-state index in [1.54, 1.807) is 12.1 Å². The highest BCUT2D eigenvalue weighted by atomic mass is 19.1. The summed E-state index contributed by atoms with van der Waals surface area (Å²) >= 11 is 0. The van der Waals surface area contributed by atoms with Crippen LogP contribution >= 0.6 is 0 Å². The van der Waals surface area contributed by atoms with Crippen LogP contribution in [0, 0.1) is 5.82 Å². The van der Waals surface area contributed by atoms with E-state index in [0.717, 1.165) is 0 Å². The molecule has 0 spiro atoms. The Kier molecular flexibility index (Phi) is 4.20. The van der Waals surface area contributed by atoms with Gasteiger partial charge in [-0.15, -0.1) is 0 Å². The van der Waals surface area contributed by atoms with Gasteiger partial charge in [-0.3, -0.25) is 4.79 Å². The van der Waals surface area contributed by atoms with E-state index >= 15 is 0 Å². The number of hydrogen-bond donors (Lipinski definition) is 2. The van der Waals surface area contributed by atoms with Crippen LogP contribution in [0.15, 0.2) is 24.3 Å². The second-order valence-corrected chi connectivity index (χ2v) is 2.99. The van der Waals surface area contributed by atoms with E-state index in [1.807, 2.05) is 0 Å². The van der Waals surface area contributed by atoms with Gasteiger partial charge in [0, 0.05) is 5.56 Å². The summed E-state index contributed by atoms with van der Waals surface area (Å²) < 4.78 is 17.7. The van der Waals surface area contributed by atoms with Crippen LogP contribution in [0.2, 0.25) is 0 Å². The Hall–Kier alpha value is -1.46. The van der Waals surface area contributed by atoms with Crippen LogP contribution in [-0.2, 0) is 16.1 Å². The van der Waals surface area contributed by atoms with Gasteiger partial charge >= 0.3 is 5.97 Å². The Morgan fingerprint density at radius 3 is 2.80 bits per heavy atom. The highest BCUT2D eigenvalue weighted by Crippen LogP contribution is 2.07. The van der Waals surface area contributed by atoms with E-state index in [1.165, 1.54) is 12.1 Å². The number of halogens is 1. The summed E-state index contributed by atoms with van der Waals surface area (Å²) in [4.78, 5) is 11.0. The molecule has 0 saturated carbocycles. The lowest BCUT2D eigenvalue weighted by Gasteiger charge is -2.09. The maximum atomic E-state index is 13.1. The molecular formula is C10H12FNO3. The minimum absolute atomic E-state index is 0.181. The zero-order valence-corrected chi connectivity index (χ0v) is 8.02. The number of esters is 1. The Labute approximate surface area is 86.5 Å². The van der Waals surface area contributed by atoms with Gasteiger partial charge in [0.25, 0.3) is 0 Å². The molecule has 0 fully saturated rings. The molecule has 1 aromatic rings. The van der Waals surface area contributed by atoms with Gasteiger partial charge in [0.15, 0.2) is 0 Å². The van der Waals surface area contributed by atoms with Crippen LogP contribution < -0.4 is 5.73 Å². The minimum atomic E-state index is -1.07. The van der Waals surface area contributed by atoms with E-state index in [-0.39, 0.29) is 12.2 Å². The maximum Gasteiger partial charge on any atom is 0.325 e. The van der Waals surface area contributed by atoms with E-state index in [9.17, 15) is 9.18 Å². The summed E-state index contributed by atoms with van der Waals surface area (Å²) in [6.07, 6.45) is 0. The van der Waals surface area contributed by atoms with Crippen LogP contribution in [0.5, 0.6) is 0 Å². The zero-order valence-electron chi connectivity index (χ0n) is 8.02. The van der Waals surface area contributed by atoms with Crippen LogP contribution in [0.4, 0.5) is 4.39 Å². The zero-order chi connectivity index (χ0) is 11.3. The number of carbonyl (C=O) groups is 1. The topological polar surface area (TPSA) is 72.5 Å². The van der Waals surface area contributed by atoms with Crippen molar-refractivity contribution < 1.29 is 19.0 Å². The predicted octanol–water partition coefficient (Wildman–Crippen LogP) is 0.188. The Bertz CT molecular complexity index is 343. The lowest BCUT2D eigenvalue weighted by molar-refractivity contribution is -0.147. The molecule has 1 aromatic carbocycles. The first kappa shape index (κ1) is 11.6. The predicted molar refractivity (Wildman–Crippen MR) is 51.3 cm³/mol. The molecule has 5 heteroatoms. The molecule has 0 heterocycles. The first-order chi connectivity index (χ1) is 7.15. The third-order valence-corrected chi connectivity index (χ3v) is 1.83. The SMILES string of the molecule is N[C@H](CO)C(=O)OCc1ccccc1F. The summed E-state index contributed by atoms with van der Waals surface area (Å²) in [6, 6.07) is 4.89. The van der Waals surface area contributed by atoms with Crippen molar-refractivity contribution >= 4 is 5.97 Å². The molecule has 0 radical (unpaired) electrons. The van der Waals surface area contributed by atoms with Crippen molar-refractivity contribution in [2.45, 2.75) is 12.6 Å². The number of aliphatic hydroxyl groups excluding tert-OH is 1. The molecule has 3 N–H and O–H groups in total. The lowest BCUT2D eigenvalue weighted by atomic mass is 10.2. The fourth-order valence-corrected chi connectivity index (χ4v) is 0.946. The number of carbonyl (C=O) groups excluding carboxylic acids is 1. The molecule has 0 aliphatic heterocycles. The number of benzene rings is 1. The van der Waals surface area contributed by atoms with Gasteiger partial charge in [-0.2, -0.15) is 0 Å². The molecule has 0 bridgehead atoms. The van der Waals surface area contributed by atoms with Crippen molar-refractivity contribution in [2.24, 2.45) is 5.73 Å². The molecule has 4 nitrogen and oxygen atoms in total. The standard InChI is InChI=1S/C10H12FNO3/c11-8-4-2-1-3-7(8)6-15-10(14)9(12)5-13/h1-4,9,13H,5-6,12H2/t9-/m1/s1. The first-order valence-electron chi connectivity index (χ1n) is 4.41. The van der Waals surface area contributed by atoms with Gasteiger partial charge in [0.1, 0.15) is 18.5 Å². The molecule has 0 aromatic heterocycles.